The summed E-state index contributed by atoms with van der Waals surface area (Å²) in [7, 11) is -4.19. The average Bonchev–Trinajstić information content (AvgIpc) is 3.18. The van der Waals surface area contributed by atoms with Crippen molar-refractivity contribution in [2.24, 2.45) is 5.92 Å². The first kappa shape index (κ1) is 27.3. The van der Waals surface area contributed by atoms with E-state index in [2.05, 4.69) is 10.1 Å². The first-order valence-corrected chi connectivity index (χ1v) is 12.7. The fraction of sp³-hybridized carbons (Fsp3) is 0.455. The third kappa shape index (κ3) is 7.14. The lowest BCUT2D eigenvalue weighted by Crippen LogP contribution is -2.38. The normalized spacial score (nSPS) is 22.8. The van der Waals surface area contributed by atoms with E-state index in [0.29, 0.717) is 6.42 Å². The molecular weight excluding hydrogens is 497 g/mol. The molecule has 0 spiro atoms. The van der Waals surface area contributed by atoms with E-state index in [1.807, 2.05) is 6.92 Å². The number of aliphatic carboxylic acids is 1. The minimum absolute atomic E-state index is 0.143. The molecule has 0 aliphatic carbocycles. The quantitative estimate of drug-likeness (QED) is 0.287. The third-order valence-electron chi connectivity index (χ3n) is 5.32. The highest BCUT2D eigenvalue weighted by molar-refractivity contribution is 7.52. The molecule has 0 saturated carbocycles. The third-order valence-corrected chi connectivity index (χ3v) is 6.97. The number of hydrogen-bond donors (Lipinski definition) is 3. The maximum Gasteiger partial charge on any atom is 0.459 e. The van der Waals surface area contributed by atoms with Crippen LogP contribution in [-0.2, 0) is 28.2 Å². The molecule has 3 N–H and O–H groups in total. The zero-order chi connectivity index (χ0) is 26.5. The molecule has 1 aliphatic rings. The van der Waals surface area contributed by atoms with E-state index in [-0.39, 0.29) is 18.3 Å². The van der Waals surface area contributed by atoms with Crippen molar-refractivity contribution in [1.29, 1.82) is 0 Å². The van der Waals surface area contributed by atoms with Crippen molar-refractivity contribution in [3.63, 3.8) is 0 Å². The van der Waals surface area contributed by atoms with Crippen molar-refractivity contribution in [1.82, 2.24) is 14.6 Å². The van der Waals surface area contributed by atoms with Crippen LogP contribution < -0.4 is 20.9 Å². The molecule has 13 nitrogen and oxygen atoms in total. The van der Waals surface area contributed by atoms with Gasteiger partial charge in [-0.15, -0.1) is 0 Å². The summed E-state index contributed by atoms with van der Waals surface area (Å²) in [6, 6.07) is 8.09. The molecule has 1 aromatic carbocycles. The number of carbonyl (C=O) groups is 2. The van der Waals surface area contributed by atoms with Crippen LogP contribution in [0.1, 0.15) is 33.4 Å². The van der Waals surface area contributed by atoms with Gasteiger partial charge in [-0.2, -0.15) is 5.09 Å². The largest absolute Gasteiger partial charge is 0.479 e. The lowest BCUT2D eigenvalue weighted by Gasteiger charge is -2.24. The monoisotopic (exact) mass is 525 g/mol. The molecule has 196 valence electrons. The molecule has 4 unspecified atom stereocenters. The van der Waals surface area contributed by atoms with Crippen molar-refractivity contribution < 1.29 is 37.8 Å². The smallest absolute Gasteiger partial charge is 0.459 e. The number of para-hydroxylation sites is 1. The topological polar surface area (TPSA) is 175 Å². The van der Waals surface area contributed by atoms with Crippen molar-refractivity contribution in [3.05, 3.63) is 63.4 Å². The Hall–Kier alpha value is -3.25. The second-order valence-corrected chi connectivity index (χ2v) is 10.0. The van der Waals surface area contributed by atoms with Gasteiger partial charge in [0.25, 0.3) is 5.56 Å². The number of rotatable bonds is 11. The van der Waals surface area contributed by atoms with Gasteiger partial charge in [0.05, 0.1) is 12.7 Å². The molecule has 1 aliphatic heterocycles. The molecule has 1 fully saturated rings. The number of nitrogens with one attached hydrogen (secondary N) is 2. The zero-order valence-corrected chi connectivity index (χ0v) is 20.8. The number of nitrogens with zero attached hydrogens (tertiary/aromatic N) is 1. The molecule has 0 bridgehead atoms. The van der Waals surface area contributed by atoms with Gasteiger partial charge in [0, 0.05) is 18.2 Å². The van der Waals surface area contributed by atoms with Crippen LogP contribution in [0.25, 0.3) is 0 Å². The summed E-state index contributed by atoms with van der Waals surface area (Å²) in [6.07, 6.45) is -0.903. The fourth-order valence-electron chi connectivity index (χ4n) is 3.50. The van der Waals surface area contributed by atoms with Gasteiger partial charge in [-0.25, -0.2) is 14.2 Å². The number of carboxylic acids is 1. The van der Waals surface area contributed by atoms with E-state index < -0.39 is 55.4 Å². The van der Waals surface area contributed by atoms with Gasteiger partial charge in [-0.05, 0) is 32.4 Å². The summed E-state index contributed by atoms with van der Waals surface area (Å²) in [5, 5.41) is 11.4. The number of hydrogen-bond acceptors (Lipinski definition) is 9. The Morgan fingerprint density at radius 1 is 1.25 bits per heavy atom. The Morgan fingerprint density at radius 2 is 1.94 bits per heavy atom. The highest BCUT2D eigenvalue weighted by atomic mass is 31.2. The molecule has 0 amide bonds. The molecular formula is C22H28N3O10P. The molecule has 36 heavy (non-hydrogen) atoms. The van der Waals surface area contributed by atoms with Crippen LogP contribution in [0, 0.1) is 5.92 Å². The summed E-state index contributed by atoms with van der Waals surface area (Å²) in [5.74, 6) is -2.24. The van der Waals surface area contributed by atoms with Crippen LogP contribution in [0.5, 0.6) is 5.75 Å². The Kier molecular flexibility index (Phi) is 8.85. The van der Waals surface area contributed by atoms with E-state index in [9.17, 15) is 23.7 Å². The zero-order valence-electron chi connectivity index (χ0n) is 19.9. The van der Waals surface area contributed by atoms with Gasteiger partial charge in [0.1, 0.15) is 18.0 Å². The van der Waals surface area contributed by atoms with Gasteiger partial charge >= 0.3 is 25.4 Å². The number of esters is 1. The maximum atomic E-state index is 13.6. The van der Waals surface area contributed by atoms with E-state index in [4.69, 9.17) is 23.6 Å². The highest BCUT2D eigenvalue weighted by Gasteiger charge is 2.38. The molecule has 0 radical (unpaired) electrons. The molecule has 6 atom stereocenters. The van der Waals surface area contributed by atoms with E-state index >= 15 is 0 Å². The fourth-order valence-corrected chi connectivity index (χ4v) is 5.02. The second-order valence-electron chi connectivity index (χ2n) is 8.34. The van der Waals surface area contributed by atoms with E-state index in [1.54, 1.807) is 30.3 Å². The molecule has 1 aromatic heterocycles. The Labute approximate surface area is 205 Å². The molecule has 14 heteroatoms. The van der Waals surface area contributed by atoms with Crippen molar-refractivity contribution in [2.75, 3.05) is 6.61 Å². The summed E-state index contributed by atoms with van der Waals surface area (Å²) in [6.45, 7) is 4.14. The Bertz CT molecular complexity index is 1230. The lowest BCUT2D eigenvalue weighted by molar-refractivity contribution is -0.163. The number of carbonyl (C=O) groups excluding carboxylic acids is 1. The summed E-state index contributed by atoms with van der Waals surface area (Å²) in [4.78, 5) is 48.9. The SMILES string of the molecule is CC(OC(=O)[C@H](C)NP(=O)(OCC1C[C@H](C)C(n2ccc(=O)[nH]c2=O)O1)Oc1ccccc1)C(=O)O. The van der Waals surface area contributed by atoms with Crippen LogP contribution in [0.4, 0.5) is 0 Å². The van der Waals surface area contributed by atoms with Gasteiger partial charge in [-0.3, -0.25) is 23.7 Å². The van der Waals surface area contributed by atoms with Crippen LogP contribution >= 0.6 is 7.75 Å². The number of benzene rings is 1. The van der Waals surface area contributed by atoms with Crippen molar-refractivity contribution in [2.45, 2.75) is 51.7 Å². The summed E-state index contributed by atoms with van der Waals surface area (Å²) in [5.41, 5.74) is -1.15. The van der Waals surface area contributed by atoms with Crippen molar-refractivity contribution >= 4 is 19.7 Å². The van der Waals surface area contributed by atoms with Crippen LogP contribution in [0.3, 0.4) is 0 Å². The lowest BCUT2D eigenvalue weighted by atomic mass is 10.1. The Morgan fingerprint density at radius 3 is 2.58 bits per heavy atom. The first-order valence-electron chi connectivity index (χ1n) is 11.1. The minimum Gasteiger partial charge on any atom is -0.479 e. The maximum absolute atomic E-state index is 13.6. The second kappa shape index (κ2) is 11.7. The number of aromatic nitrogens is 2. The van der Waals surface area contributed by atoms with Gasteiger partial charge in [-0.1, -0.05) is 25.1 Å². The van der Waals surface area contributed by atoms with Gasteiger partial charge in [0.15, 0.2) is 6.10 Å². The number of aromatic amines is 1. The van der Waals surface area contributed by atoms with E-state index in [0.717, 1.165) is 0 Å². The molecule has 3 rings (SSSR count). The molecule has 2 aromatic rings. The van der Waals surface area contributed by atoms with E-state index in [1.165, 1.54) is 30.7 Å². The molecule has 1 saturated heterocycles. The summed E-state index contributed by atoms with van der Waals surface area (Å²) < 4.78 is 36.7. The standard InChI is InChI=1S/C22H28N3O10P/c1-13-11-17(34-19(13)25-10-9-18(26)23-22(25)30)12-32-36(31,35-16-7-5-4-6-8-16)24-14(2)21(29)33-15(3)20(27)28/h4-10,13-15,17,19H,11-12H2,1-3H3,(H,24,31)(H,27,28)(H,23,26,30)/t13-,14-,15?,17?,19?,36?/m0/s1. The number of ether oxygens (including phenoxy) is 2. The summed E-state index contributed by atoms with van der Waals surface area (Å²) >= 11 is 0. The van der Waals surface area contributed by atoms with Crippen LogP contribution in [-0.4, -0.2) is 51.5 Å². The molecule has 2 heterocycles. The predicted molar refractivity (Wildman–Crippen MR) is 125 cm³/mol. The minimum atomic E-state index is -4.19. The van der Waals surface area contributed by atoms with Gasteiger partial charge in [0.2, 0.25) is 0 Å². The first-order chi connectivity index (χ1) is 17.0. The number of carboxylic acid groups (broad SMARTS) is 1. The Balaban J connectivity index is 1.71. The number of H-pyrrole nitrogens is 1. The van der Waals surface area contributed by atoms with Crippen LogP contribution in [0.15, 0.2) is 52.2 Å². The predicted octanol–water partition coefficient (Wildman–Crippen LogP) is 1.66. The average molecular weight is 525 g/mol. The highest BCUT2D eigenvalue weighted by Crippen LogP contribution is 2.46. The van der Waals surface area contributed by atoms with Crippen molar-refractivity contribution in [3.8, 4) is 5.75 Å². The van der Waals surface area contributed by atoms with Crippen LogP contribution in [0.2, 0.25) is 0 Å². The van der Waals surface area contributed by atoms with Gasteiger partial charge < -0.3 is 19.1 Å².